The highest BCUT2D eigenvalue weighted by molar-refractivity contribution is 5.80. The first-order valence-corrected chi connectivity index (χ1v) is 5.40. The lowest BCUT2D eigenvalue weighted by molar-refractivity contribution is -0.128. The molecule has 0 spiro atoms. The van der Waals surface area contributed by atoms with Crippen LogP contribution in [0.4, 0.5) is 0 Å². The van der Waals surface area contributed by atoms with Crippen molar-refractivity contribution in [3.63, 3.8) is 0 Å². The van der Waals surface area contributed by atoms with E-state index in [1.54, 1.807) is 17.1 Å². The highest BCUT2D eigenvalue weighted by Gasteiger charge is 2.18. The Kier molecular flexibility index (Phi) is 4.78. The van der Waals surface area contributed by atoms with Crippen molar-refractivity contribution in [2.24, 2.45) is 5.84 Å². The van der Waals surface area contributed by atoms with Crippen molar-refractivity contribution in [3.05, 3.63) is 12.4 Å². The number of carbonyl (C=O) groups excluding carboxylic acids is 1. The SMILES string of the molecule is CCCC(Oc1cnn(CC)c1)C(=O)NN. The summed E-state index contributed by atoms with van der Waals surface area (Å²) in [6, 6.07) is 0. The number of aromatic nitrogens is 2. The second-order valence-corrected chi connectivity index (χ2v) is 3.44. The van der Waals surface area contributed by atoms with E-state index in [0.717, 1.165) is 13.0 Å². The Balaban J connectivity index is 2.63. The standard InChI is InChI=1S/C10H18N4O2/c1-3-5-9(10(15)13-11)16-8-6-12-14(4-2)7-8/h6-7,9H,3-5,11H2,1-2H3,(H,13,15). The van der Waals surface area contributed by atoms with Crippen molar-refractivity contribution in [2.75, 3.05) is 0 Å². The van der Waals surface area contributed by atoms with Gasteiger partial charge in [-0.25, -0.2) is 5.84 Å². The maximum atomic E-state index is 11.4. The van der Waals surface area contributed by atoms with Crippen LogP contribution in [-0.2, 0) is 11.3 Å². The number of hydrogen-bond donors (Lipinski definition) is 2. The number of hydrazine groups is 1. The number of rotatable bonds is 6. The zero-order valence-electron chi connectivity index (χ0n) is 9.64. The summed E-state index contributed by atoms with van der Waals surface area (Å²) in [4.78, 5) is 11.4. The van der Waals surface area contributed by atoms with Crippen LogP contribution >= 0.6 is 0 Å². The molecule has 0 fully saturated rings. The number of nitrogens with two attached hydrogens (primary N) is 1. The maximum Gasteiger partial charge on any atom is 0.274 e. The second-order valence-electron chi connectivity index (χ2n) is 3.44. The van der Waals surface area contributed by atoms with Crippen molar-refractivity contribution in [1.29, 1.82) is 0 Å². The van der Waals surface area contributed by atoms with E-state index in [2.05, 4.69) is 10.5 Å². The Morgan fingerprint density at radius 3 is 2.94 bits per heavy atom. The summed E-state index contributed by atoms with van der Waals surface area (Å²) in [7, 11) is 0. The quantitative estimate of drug-likeness (QED) is 0.419. The van der Waals surface area contributed by atoms with Gasteiger partial charge in [0.05, 0.1) is 12.4 Å². The second kappa shape index (κ2) is 6.12. The summed E-state index contributed by atoms with van der Waals surface area (Å²) in [6.07, 6.45) is 4.27. The maximum absolute atomic E-state index is 11.4. The van der Waals surface area contributed by atoms with Crippen LogP contribution in [0.1, 0.15) is 26.7 Å². The van der Waals surface area contributed by atoms with Gasteiger partial charge in [-0.3, -0.25) is 14.9 Å². The normalized spacial score (nSPS) is 12.2. The fraction of sp³-hybridized carbons (Fsp3) is 0.600. The first-order chi connectivity index (χ1) is 7.71. The van der Waals surface area contributed by atoms with Crippen LogP contribution < -0.4 is 16.0 Å². The molecule has 0 aliphatic rings. The molecule has 1 heterocycles. The molecular formula is C10H18N4O2. The summed E-state index contributed by atoms with van der Waals surface area (Å²) in [6.45, 7) is 4.73. The summed E-state index contributed by atoms with van der Waals surface area (Å²) >= 11 is 0. The van der Waals surface area contributed by atoms with Gasteiger partial charge in [0, 0.05) is 6.54 Å². The van der Waals surface area contributed by atoms with Crippen LogP contribution in [0.2, 0.25) is 0 Å². The van der Waals surface area contributed by atoms with Gasteiger partial charge in [0.25, 0.3) is 5.91 Å². The Morgan fingerprint density at radius 2 is 2.44 bits per heavy atom. The minimum atomic E-state index is -0.551. The van der Waals surface area contributed by atoms with Gasteiger partial charge in [-0.1, -0.05) is 13.3 Å². The molecule has 6 heteroatoms. The smallest absolute Gasteiger partial charge is 0.274 e. The minimum Gasteiger partial charge on any atom is -0.477 e. The molecule has 3 N–H and O–H groups in total. The Bertz CT molecular complexity index is 337. The Hall–Kier alpha value is -1.56. The third-order valence-electron chi connectivity index (χ3n) is 2.20. The number of amides is 1. The molecule has 0 aromatic carbocycles. The predicted molar refractivity (Wildman–Crippen MR) is 59.6 cm³/mol. The van der Waals surface area contributed by atoms with Crippen molar-refractivity contribution < 1.29 is 9.53 Å². The highest BCUT2D eigenvalue weighted by atomic mass is 16.5. The highest BCUT2D eigenvalue weighted by Crippen LogP contribution is 2.13. The number of nitrogens with zero attached hydrogens (tertiary/aromatic N) is 2. The van der Waals surface area contributed by atoms with E-state index in [-0.39, 0.29) is 5.91 Å². The predicted octanol–water partition coefficient (Wildman–Crippen LogP) is 0.440. The van der Waals surface area contributed by atoms with Gasteiger partial charge in [0.2, 0.25) is 0 Å². The number of aryl methyl sites for hydroxylation is 1. The first-order valence-electron chi connectivity index (χ1n) is 5.40. The molecule has 1 aromatic rings. The van der Waals surface area contributed by atoms with Crippen molar-refractivity contribution in [3.8, 4) is 5.75 Å². The van der Waals surface area contributed by atoms with Gasteiger partial charge in [-0.2, -0.15) is 5.10 Å². The third-order valence-corrected chi connectivity index (χ3v) is 2.20. The average molecular weight is 226 g/mol. The molecule has 1 atom stereocenters. The van der Waals surface area contributed by atoms with Crippen LogP contribution in [0.3, 0.4) is 0 Å². The van der Waals surface area contributed by atoms with Crippen LogP contribution in [0, 0.1) is 0 Å². The van der Waals surface area contributed by atoms with Gasteiger partial charge in [0.1, 0.15) is 0 Å². The van der Waals surface area contributed by atoms with E-state index < -0.39 is 6.10 Å². The van der Waals surface area contributed by atoms with Crippen LogP contribution in [0.25, 0.3) is 0 Å². The number of carbonyl (C=O) groups is 1. The van der Waals surface area contributed by atoms with E-state index in [1.165, 1.54) is 0 Å². The molecule has 0 saturated carbocycles. The number of ether oxygens (including phenoxy) is 1. The van der Waals surface area contributed by atoms with E-state index in [0.29, 0.717) is 12.2 Å². The van der Waals surface area contributed by atoms with Crippen molar-refractivity contribution >= 4 is 5.91 Å². The van der Waals surface area contributed by atoms with Crippen LogP contribution in [0.5, 0.6) is 5.75 Å². The molecule has 90 valence electrons. The summed E-state index contributed by atoms with van der Waals surface area (Å²) < 4.78 is 7.25. The van der Waals surface area contributed by atoms with Crippen molar-refractivity contribution in [1.82, 2.24) is 15.2 Å². The lowest BCUT2D eigenvalue weighted by Gasteiger charge is -2.15. The molecule has 1 unspecified atom stereocenters. The van der Waals surface area contributed by atoms with Crippen LogP contribution in [0.15, 0.2) is 12.4 Å². The van der Waals surface area contributed by atoms with Gasteiger partial charge in [-0.15, -0.1) is 0 Å². The zero-order valence-corrected chi connectivity index (χ0v) is 9.64. The molecular weight excluding hydrogens is 208 g/mol. The third kappa shape index (κ3) is 3.23. The molecule has 0 aliphatic carbocycles. The molecule has 1 rings (SSSR count). The Morgan fingerprint density at radius 1 is 1.69 bits per heavy atom. The fourth-order valence-corrected chi connectivity index (χ4v) is 1.34. The minimum absolute atomic E-state index is 0.314. The van der Waals surface area contributed by atoms with E-state index >= 15 is 0 Å². The molecule has 16 heavy (non-hydrogen) atoms. The lowest BCUT2D eigenvalue weighted by atomic mass is 10.2. The largest absolute Gasteiger partial charge is 0.477 e. The van der Waals surface area contributed by atoms with E-state index in [4.69, 9.17) is 10.6 Å². The van der Waals surface area contributed by atoms with Crippen molar-refractivity contribution in [2.45, 2.75) is 39.3 Å². The van der Waals surface area contributed by atoms with Gasteiger partial charge in [0.15, 0.2) is 11.9 Å². The number of nitrogens with one attached hydrogen (secondary N) is 1. The Labute approximate surface area is 94.7 Å². The molecule has 0 aliphatic heterocycles. The molecule has 0 radical (unpaired) electrons. The summed E-state index contributed by atoms with van der Waals surface area (Å²) in [5, 5.41) is 4.06. The van der Waals surface area contributed by atoms with Gasteiger partial charge >= 0.3 is 0 Å². The van der Waals surface area contributed by atoms with Gasteiger partial charge < -0.3 is 4.74 Å². The molecule has 1 aromatic heterocycles. The van der Waals surface area contributed by atoms with Crippen LogP contribution in [-0.4, -0.2) is 21.8 Å². The topological polar surface area (TPSA) is 82.2 Å². The average Bonchev–Trinajstić information content (AvgIpc) is 2.75. The molecule has 6 nitrogen and oxygen atoms in total. The first kappa shape index (κ1) is 12.5. The molecule has 1 amide bonds. The zero-order chi connectivity index (χ0) is 12.0. The molecule has 0 bridgehead atoms. The fourth-order valence-electron chi connectivity index (χ4n) is 1.34. The monoisotopic (exact) mass is 226 g/mol. The van der Waals surface area contributed by atoms with Gasteiger partial charge in [-0.05, 0) is 13.3 Å². The van der Waals surface area contributed by atoms with E-state index in [1.807, 2.05) is 13.8 Å². The number of hydrogen-bond acceptors (Lipinski definition) is 4. The summed E-state index contributed by atoms with van der Waals surface area (Å²) in [5.74, 6) is 5.36. The summed E-state index contributed by atoms with van der Waals surface area (Å²) in [5.41, 5.74) is 2.10. The molecule has 0 saturated heterocycles. The lowest BCUT2D eigenvalue weighted by Crippen LogP contribution is -2.42. The van der Waals surface area contributed by atoms with E-state index in [9.17, 15) is 4.79 Å².